The molecule has 0 bridgehead atoms. The lowest BCUT2D eigenvalue weighted by molar-refractivity contribution is 0.102. The molecule has 4 nitrogen and oxygen atoms in total. The van der Waals surface area contributed by atoms with Crippen molar-refractivity contribution < 1.29 is 4.79 Å². The van der Waals surface area contributed by atoms with E-state index in [0.717, 1.165) is 48.3 Å². The molecule has 1 heterocycles. The molecule has 0 radical (unpaired) electrons. The predicted molar refractivity (Wildman–Crippen MR) is 131 cm³/mol. The van der Waals surface area contributed by atoms with E-state index >= 15 is 0 Å². The topological polar surface area (TPSA) is 51.1 Å². The van der Waals surface area contributed by atoms with E-state index in [-0.39, 0.29) is 16.9 Å². The summed E-state index contributed by atoms with van der Waals surface area (Å²) in [5.74, 6) is -0.362. The Bertz CT molecular complexity index is 1130. The number of amides is 1. The molecule has 3 rings (SSSR count). The minimum atomic E-state index is -0.362. The monoisotopic (exact) mass is 480 g/mol. The molecule has 0 fully saturated rings. The maximum atomic E-state index is 13.1. The number of para-hydroxylation sites is 1. The SMILES string of the molecule is Cc1cccc(C)c1NC(=O)c1c(C)n(CCCCc2ccccc2)c(C)c(Br)c1=O. The molecule has 0 aliphatic heterocycles. The number of rotatable bonds is 7. The molecule has 0 saturated heterocycles. The van der Waals surface area contributed by atoms with Gasteiger partial charge in [0.25, 0.3) is 5.91 Å². The molecule has 0 atom stereocenters. The normalized spacial score (nSPS) is 10.9. The largest absolute Gasteiger partial charge is 0.347 e. The van der Waals surface area contributed by atoms with E-state index in [4.69, 9.17) is 0 Å². The van der Waals surface area contributed by atoms with Crippen molar-refractivity contribution in [2.75, 3.05) is 5.32 Å². The van der Waals surface area contributed by atoms with Crippen molar-refractivity contribution in [3.05, 3.63) is 96.9 Å². The van der Waals surface area contributed by atoms with Gasteiger partial charge in [0, 0.05) is 23.6 Å². The Balaban J connectivity index is 1.83. The van der Waals surface area contributed by atoms with Crippen LogP contribution in [0.2, 0.25) is 0 Å². The minimum absolute atomic E-state index is 0.197. The van der Waals surface area contributed by atoms with Crippen molar-refractivity contribution in [3.63, 3.8) is 0 Å². The fourth-order valence-corrected chi connectivity index (χ4v) is 4.39. The summed E-state index contributed by atoms with van der Waals surface area (Å²) in [6.07, 6.45) is 3.01. The number of hydrogen-bond acceptors (Lipinski definition) is 2. The van der Waals surface area contributed by atoms with Crippen molar-refractivity contribution in [2.45, 2.75) is 53.5 Å². The first-order valence-electron chi connectivity index (χ1n) is 10.6. The zero-order chi connectivity index (χ0) is 22.5. The van der Waals surface area contributed by atoms with Gasteiger partial charge in [-0.05, 0) is 79.6 Å². The van der Waals surface area contributed by atoms with Gasteiger partial charge in [-0.25, -0.2) is 0 Å². The predicted octanol–water partition coefficient (Wildman–Crippen LogP) is 6.12. The summed E-state index contributed by atoms with van der Waals surface area (Å²) in [5.41, 5.74) is 5.52. The fraction of sp³-hybridized carbons (Fsp3) is 0.308. The Morgan fingerprint density at radius 3 is 2.19 bits per heavy atom. The standard InChI is InChI=1S/C26H29BrN2O2/c1-17-11-10-12-18(2)24(17)28-26(31)22-19(3)29(20(4)23(27)25(22)30)16-9-8-15-21-13-6-5-7-14-21/h5-7,10-14H,8-9,15-16H2,1-4H3,(H,28,31). The van der Waals surface area contributed by atoms with Gasteiger partial charge in [0.2, 0.25) is 5.43 Å². The number of pyridine rings is 1. The molecule has 0 aliphatic carbocycles. The van der Waals surface area contributed by atoms with Gasteiger partial charge in [-0.1, -0.05) is 48.5 Å². The van der Waals surface area contributed by atoms with Crippen molar-refractivity contribution >= 4 is 27.5 Å². The first-order chi connectivity index (χ1) is 14.8. The van der Waals surface area contributed by atoms with Crippen LogP contribution in [0.3, 0.4) is 0 Å². The quantitative estimate of drug-likeness (QED) is 0.414. The van der Waals surface area contributed by atoms with Crippen LogP contribution in [0.25, 0.3) is 0 Å². The van der Waals surface area contributed by atoms with Crippen LogP contribution in [-0.4, -0.2) is 10.5 Å². The van der Waals surface area contributed by atoms with E-state index in [1.165, 1.54) is 5.56 Å². The Morgan fingerprint density at radius 1 is 0.903 bits per heavy atom. The molecular weight excluding hydrogens is 452 g/mol. The number of nitrogens with one attached hydrogen (secondary N) is 1. The van der Waals surface area contributed by atoms with Gasteiger partial charge in [0.05, 0.1) is 4.47 Å². The molecule has 0 aliphatic rings. The lowest BCUT2D eigenvalue weighted by atomic mass is 10.1. The van der Waals surface area contributed by atoms with Crippen LogP contribution in [0.5, 0.6) is 0 Å². The summed E-state index contributed by atoms with van der Waals surface area (Å²) in [6, 6.07) is 16.3. The van der Waals surface area contributed by atoms with Crippen molar-refractivity contribution in [1.82, 2.24) is 4.57 Å². The second-order valence-electron chi connectivity index (χ2n) is 8.00. The first-order valence-corrected chi connectivity index (χ1v) is 11.4. The number of aryl methyl sites for hydroxylation is 3. The number of halogens is 1. The number of benzene rings is 2. The molecule has 3 aromatic rings. The molecule has 1 aromatic heterocycles. The van der Waals surface area contributed by atoms with Gasteiger partial charge in [0.15, 0.2) is 0 Å². The summed E-state index contributed by atoms with van der Waals surface area (Å²) in [6.45, 7) is 8.44. The Morgan fingerprint density at radius 2 is 1.55 bits per heavy atom. The van der Waals surface area contributed by atoms with Gasteiger partial charge in [-0.3, -0.25) is 9.59 Å². The number of carbonyl (C=O) groups excluding carboxylic acids is 1. The maximum Gasteiger partial charge on any atom is 0.261 e. The third-order valence-electron chi connectivity index (χ3n) is 5.80. The molecule has 31 heavy (non-hydrogen) atoms. The Labute approximate surface area is 192 Å². The van der Waals surface area contributed by atoms with E-state index in [1.807, 2.05) is 52.0 Å². The molecule has 2 aromatic carbocycles. The van der Waals surface area contributed by atoms with E-state index in [2.05, 4.69) is 50.1 Å². The highest BCUT2D eigenvalue weighted by Gasteiger charge is 2.22. The lowest BCUT2D eigenvalue weighted by Crippen LogP contribution is -2.29. The van der Waals surface area contributed by atoms with Crippen LogP contribution >= 0.6 is 15.9 Å². The van der Waals surface area contributed by atoms with Gasteiger partial charge in [0.1, 0.15) is 5.56 Å². The summed E-state index contributed by atoms with van der Waals surface area (Å²) in [7, 11) is 0. The highest BCUT2D eigenvalue weighted by molar-refractivity contribution is 9.10. The number of aromatic nitrogens is 1. The summed E-state index contributed by atoms with van der Waals surface area (Å²) < 4.78 is 2.53. The summed E-state index contributed by atoms with van der Waals surface area (Å²) in [5, 5.41) is 2.97. The van der Waals surface area contributed by atoms with Crippen molar-refractivity contribution in [1.29, 1.82) is 0 Å². The van der Waals surface area contributed by atoms with Crippen LogP contribution in [0.15, 0.2) is 57.8 Å². The van der Waals surface area contributed by atoms with Gasteiger partial charge >= 0.3 is 0 Å². The zero-order valence-corrected chi connectivity index (χ0v) is 20.2. The van der Waals surface area contributed by atoms with Crippen LogP contribution in [-0.2, 0) is 13.0 Å². The maximum absolute atomic E-state index is 13.1. The molecular formula is C26H29BrN2O2. The van der Waals surface area contributed by atoms with E-state index in [0.29, 0.717) is 10.2 Å². The second kappa shape index (κ2) is 10.1. The number of nitrogens with zero attached hydrogens (tertiary/aromatic N) is 1. The fourth-order valence-electron chi connectivity index (χ4n) is 3.98. The third kappa shape index (κ3) is 5.16. The number of hydrogen-bond donors (Lipinski definition) is 1. The third-order valence-corrected chi connectivity index (χ3v) is 6.74. The highest BCUT2D eigenvalue weighted by Crippen LogP contribution is 2.22. The van der Waals surface area contributed by atoms with Crippen LogP contribution in [0.1, 0.15) is 51.3 Å². The highest BCUT2D eigenvalue weighted by atomic mass is 79.9. The van der Waals surface area contributed by atoms with Gasteiger partial charge in [-0.2, -0.15) is 0 Å². The molecule has 0 saturated carbocycles. The van der Waals surface area contributed by atoms with E-state index in [9.17, 15) is 9.59 Å². The smallest absolute Gasteiger partial charge is 0.261 e. The van der Waals surface area contributed by atoms with Crippen LogP contribution in [0, 0.1) is 27.7 Å². The molecule has 1 amide bonds. The molecule has 0 unspecified atom stereocenters. The van der Waals surface area contributed by atoms with Crippen molar-refractivity contribution in [2.24, 2.45) is 0 Å². The Kier molecular flexibility index (Phi) is 7.50. The number of anilines is 1. The Hall–Kier alpha value is -2.66. The van der Waals surface area contributed by atoms with E-state index in [1.54, 1.807) is 0 Å². The van der Waals surface area contributed by atoms with Gasteiger partial charge < -0.3 is 9.88 Å². The van der Waals surface area contributed by atoms with Gasteiger partial charge in [-0.15, -0.1) is 0 Å². The molecule has 0 spiro atoms. The van der Waals surface area contributed by atoms with E-state index < -0.39 is 0 Å². The summed E-state index contributed by atoms with van der Waals surface area (Å²) in [4.78, 5) is 26.1. The number of unbranched alkanes of at least 4 members (excludes halogenated alkanes) is 1. The first kappa shape index (κ1) is 23.0. The second-order valence-corrected chi connectivity index (χ2v) is 8.80. The molecule has 162 valence electrons. The lowest BCUT2D eigenvalue weighted by Gasteiger charge is -2.20. The molecule has 5 heteroatoms. The van der Waals surface area contributed by atoms with Crippen LogP contribution in [0.4, 0.5) is 5.69 Å². The van der Waals surface area contributed by atoms with Crippen molar-refractivity contribution in [3.8, 4) is 0 Å². The number of carbonyl (C=O) groups is 1. The summed E-state index contributed by atoms with van der Waals surface area (Å²) >= 11 is 3.43. The zero-order valence-electron chi connectivity index (χ0n) is 18.6. The minimum Gasteiger partial charge on any atom is -0.347 e. The average molecular weight is 481 g/mol. The van der Waals surface area contributed by atoms with Crippen LogP contribution < -0.4 is 10.7 Å². The molecule has 1 N–H and O–H groups in total. The average Bonchev–Trinajstić information content (AvgIpc) is 2.75.